The predicted molar refractivity (Wildman–Crippen MR) is 96.4 cm³/mol. The molecule has 0 radical (unpaired) electrons. The van der Waals surface area contributed by atoms with Gasteiger partial charge in [-0.25, -0.2) is 17.4 Å². The second-order valence-electron chi connectivity index (χ2n) is 5.00. The molecule has 0 aromatic carbocycles. The molecule has 2 heterocycles. The van der Waals surface area contributed by atoms with Gasteiger partial charge in [-0.3, -0.25) is 0 Å². The van der Waals surface area contributed by atoms with Gasteiger partial charge in [0.25, 0.3) is 10.0 Å². The molecule has 0 amide bonds. The smallest absolute Gasteiger partial charge is 0.237 e. The quantitative estimate of drug-likeness (QED) is 0.489. The SMILES string of the molecule is CC1(S(=O)(=O)n2ccc3cccnc32)C=CC(Br)=CC1I. The van der Waals surface area contributed by atoms with Gasteiger partial charge in [0.05, 0.1) is 3.92 Å². The summed E-state index contributed by atoms with van der Waals surface area (Å²) in [7, 11) is -3.62. The van der Waals surface area contributed by atoms with Gasteiger partial charge in [-0.05, 0) is 25.1 Å². The van der Waals surface area contributed by atoms with E-state index in [1.807, 2.05) is 12.1 Å². The first-order valence-electron chi connectivity index (χ1n) is 6.24. The van der Waals surface area contributed by atoms with Crippen LogP contribution in [0.1, 0.15) is 6.92 Å². The predicted octanol–water partition coefficient (Wildman–Crippen LogP) is 3.63. The van der Waals surface area contributed by atoms with Gasteiger partial charge in [0.2, 0.25) is 0 Å². The maximum atomic E-state index is 13.1. The summed E-state index contributed by atoms with van der Waals surface area (Å²) in [6.45, 7) is 1.74. The van der Waals surface area contributed by atoms with Crippen molar-refractivity contribution >= 4 is 59.6 Å². The molecule has 110 valence electrons. The molecule has 0 saturated heterocycles. The lowest BCUT2D eigenvalue weighted by atomic mass is 10.0. The van der Waals surface area contributed by atoms with Crippen LogP contribution in [0.4, 0.5) is 0 Å². The number of pyridine rings is 1. The van der Waals surface area contributed by atoms with E-state index in [4.69, 9.17) is 0 Å². The zero-order chi connectivity index (χ0) is 15.3. The summed E-state index contributed by atoms with van der Waals surface area (Å²) in [4.78, 5) is 4.21. The summed E-state index contributed by atoms with van der Waals surface area (Å²) in [6.07, 6.45) is 8.59. The minimum atomic E-state index is -3.62. The number of nitrogens with zero attached hydrogens (tertiary/aromatic N) is 2. The zero-order valence-corrected chi connectivity index (χ0v) is 15.6. The Morgan fingerprint density at radius 2 is 2.19 bits per heavy atom. The van der Waals surface area contributed by atoms with E-state index in [-0.39, 0.29) is 3.92 Å². The lowest BCUT2D eigenvalue weighted by Gasteiger charge is -2.32. The van der Waals surface area contributed by atoms with Crippen LogP contribution in [-0.2, 0) is 10.0 Å². The lowest BCUT2D eigenvalue weighted by Crippen LogP contribution is -2.45. The van der Waals surface area contributed by atoms with E-state index >= 15 is 0 Å². The summed E-state index contributed by atoms with van der Waals surface area (Å²) in [5.41, 5.74) is 0.462. The van der Waals surface area contributed by atoms with E-state index in [9.17, 15) is 8.42 Å². The monoisotopic (exact) mass is 478 g/mol. The molecule has 4 nitrogen and oxygen atoms in total. The molecule has 1 aliphatic carbocycles. The minimum absolute atomic E-state index is 0.180. The van der Waals surface area contributed by atoms with E-state index in [2.05, 4.69) is 43.5 Å². The second kappa shape index (κ2) is 5.20. The highest BCUT2D eigenvalue weighted by Gasteiger charge is 2.45. The summed E-state index contributed by atoms with van der Waals surface area (Å²) >= 11 is 5.55. The molecule has 0 N–H and O–H groups in total. The van der Waals surface area contributed by atoms with Crippen LogP contribution in [0, 0.1) is 0 Å². The number of halogens is 2. The van der Waals surface area contributed by atoms with E-state index < -0.39 is 14.8 Å². The Bertz CT molecular complexity index is 872. The molecular formula is C14H12BrIN2O2S. The maximum Gasteiger partial charge on any atom is 0.250 e. The van der Waals surface area contributed by atoms with Crippen LogP contribution >= 0.6 is 38.5 Å². The van der Waals surface area contributed by atoms with Gasteiger partial charge < -0.3 is 0 Å². The molecule has 2 atom stereocenters. The Labute approximate surface area is 145 Å². The molecular weight excluding hydrogens is 467 g/mol. The second-order valence-corrected chi connectivity index (χ2v) is 9.48. The van der Waals surface area contributed by atoms with Crippen molar-refractivity contribution in [2.45, 2.75) is 15.6 Å². The number of hydrogen-bond acceptors (Lipinski definition) is 3. The van der Waals surface area contributed by atoms with Crippen molar-refractivity contribution in [2.75, 3.05) is 0 Å². The van der Waals surface area contributed by atoms with Gasteiger partial charge in [-0.15, -0.1) is 0 Å². The lowest BCUT2D eigenvalue weighted by molar-refractivity contribution is 0.559. The summed E-state index contributed by atoms with van der Waals surface area (Å²) in [5, 5.41) is 0.811. The normalized spacial score (nSPS) is 26.0. The van der Waals surface area contributed by atoms with Crippen molar-refractivity contribution in [2.24, 2.45) is 0 Å². The molecule has 0 aliphatic heterocycles. The highest BCUT2D eigenvalue weighted by Crippen LogP contribution is 2.37. The summed E-state index contributed by atoms with van der Waals surface area (Å²) < 4.78 is 27.2. The van der Waals surface area contributed by atoms with Crippen LogP contribution < -0.4 is 0 Å². The van der Waals surface area contributed by atoms with Crippen molar-refractivity contribution in [3.8, 4) is 0 Å². The average molecular weight is 479 g/mol. The molecule has 0 bridgehead atoms. The first-order chi connectivity index (χ1) is 9.86. The number of aromatic nitrogens is 2. The van der Waals surface area contributed by atoms with E-state index in [1.54, 1.807) is 43.6 Å². The van der Waals surface area contributed by atoms with Gasteiger partial charge in [0.1, 0.15) is 4.75 Å². The van der Waals surface area contributed by atoms with Crippen molar-refractivity contribution in [1.29, 1.82) is 0 Å². The van der Waals surface area contributed by atoms with Gasteiger partial charge in [0, 0.05) is 22.3 Å². The van der Waals surface area contributed by atoms with Crippen molar-refractivity contribution in [1.82, 2.24) is 8.96 Å². The zero-order valence-electron chi connectivity index (χ0n) is 11.1. The standard InChI is InChI=1S/C14H12BrIN2O2S/c1-14(6-4-11(15)9-12(14)16)21(19,20)18-8-5-10-3-2-7-17-13(10)18/h2-9,12H,1H3. The van der Waals surface area contributed by atoms with E-state index in [0.29, 0.717) is 5.65 Å². The van der Waals surface area contributed by atoms with E-state index in [1.165, 1.54) is 3.97 Å². The number of allylic oxidation sites excluding steroid dienone is 3. The number of fused-ring (bicyclic) bond motifs is 1. The Balaban J connectivity index is 2.20. The van der Waals surface area contributed by atoms with Crippen LogP contribution in [0.25, 0.3) is 11.0 Å². The fraction of sp³-hybridized carbons (Fsp3) is 0.214. The molecule has 0 saturated carbocycles. The number of alkyl halides is 1. The fourth-order valence-electron chi connectivity index (χ4n) is 2.27. The molecule has 0 fully saturated rings. The highest BCUT2D eigenvalue weighted by molar-refractivity contribution is 14.1. The molecule has 2 aromatic rings. The molecule has 7 heteroatoms. The third kappa shape index (κ3) is 2.29. The van der Waals surface area contributed by atoms with Crippen LogP contribution in [-0.4, -0.2) is 26.0 Å². The molecule has 2 aromatic heterocycles. The van der Waals surface area contributed by atoms with Crippen molar-refractivity contribution in [3.63, 3.8) is 0 Å². The maximum absolute atomic E-state index is 13.1. The average Bonchev–Trinajstić information content (AvgIpc) is 2.87. The minimum Gasteiger partial charge on any atom is -0.237 e. The van der Waals surface area contributed by atoms with Gasteiger partial charge in [0.15, 0.2) is 5.65 Å². The Kier molecular flexibility index (Phi) is 3.77. The topological polar surface area (TPSA) is 52.0 Å². The molecule has 0 spiro atoms. The number of hydrogen-bond donors (Lipinski definition) is 0. The first kappa shape index (κ1) is 15.2. The highest BCUT2D eigenvalue weighted by atomic mass is 127. The van der Waals surface area contributed by atoms with Gasteiger partial charge in [-0.2, -0.15) is 0 Å². The summed E-state index contributed by atoms with van der Waals surface area (Å²) in [6, 6.07) is 5.41. The fourth-order valence-corrected chi connectivity index (χ4v) is 6.34. The molecule has 21 heavy (non-hydrogen) atoms. The Morgan fingerprint density at radius 3 is 2.90 bits per heavy atom. The van der Waals surface area contributed by atoms with Crippen LogP contribution in [0.3, 0.4) is 0 Å². The van der Waals surface area contributed by atoms with Crippen molar-refractivity contribution < 1.29 is 8.42 Å². The van der Waals surface area contributed by atoms with Crippen LogP contribution in [0.2, 0.25) is 0 Å². The third-order valence-corrected chi connectivity index (χ3v) is 8.58. The Hall–Kier alpha value is -0.670. The third-order valence-electron chi connectivity index (χ3n) is 3.66. The van der Waals surface area contributed by atoms with Gasteiger partial charge >= 0.3 is 0 Å². The van der Waals surface area contributed by atoms with Crippen LogP contribution in [0.15, 0.2) is 53.3 Å². The van der Waals surface area contributed by atoms with Gasteiger partial charge in [-0.1, -0.05) is 56.7 Å². The number of rotatable bonds is 2. The van der Waals surface area contributed by atoms with Crippen molar-refractivity contribution in [3.05, 3.63) is 53.3 Å². The summed E-state index contributed by atoms with van der Waals surface area (Å²) in [5.74, 6) is 0. The Morgan fingerprint density at radius 1 is 1.43 bits per heavy atom. The molecule has 3 rings (SSSR count). The first-order valence-corrected chi connectivity index (χ1v) is 9.72. The molecule has 2 unspecified atom stereocenters. The van der Waals surface area contributed by atoms with E-state index in [0.717, 1.165) is 9.87 Å². The molecule has 1 aliphatic rings. The van der Waals surface area contributed by atoms with Crippen LogP contribution in [0.5, 0.6) is 0 Å². The largest absolute Gasteiger partial charge is 0.250 e.